The number of ether oxygens (including phenoxy) is 4. The summed E-state index contributed by atoms with van der Waals surface area (Å²) in [5.74, 6) is -3.10. The van der Waals surface area contributed by atoms with Gasteiger partial charge in [-0.3, -0.25) is 28.8 Å². The Labute approximate surface area is 381 Å². The van der Waals surface area contributed by atoms with Gasteiger partial charge in [-0.2, -0.15) is 0 Å². The largest absolute Gasteiger partial charge is 0.497 e. The molecule has 2 saturated heterocycles. The molecule has 2 fully saturated rings. The van der Waals surface area contributed by atoms with Crippen molar-refractivity contribution in [1.29, 1.82) is 0 Å². The Morgan fingerprint density at radius 2 is 1.23 bits per heavy atom. The maximum atomic E-state index is 14.9. The van der Waals surface area contributed by atoms with Crippen molar-refractivity contribution < 1.29 is 68.1 Å². The molecule has 0 spiro atoms. The lowest BCUT2D eigenvalue weighted by molar-refractivity contribution is -0.277. The van der Waals surface area contributed by atoms with Crippen LogP contribution in [0.3, 0.4) is 0 Å². The average molecular weight is 919 g/mol. The summed E-state index contributed by atoms with van der Waals surface area (Å²) in [6.07, 6.45) is -8.08. The number of likely N-dealkylation sites (N-methyl/N-ethyl adjacent to an activating group) is 3. The van der Waals surface area contributed by atoms with E-state index >= 15 is 0 Å². The summed E-state index contributed by atoms with van der Waals surface area (Å²) < 4.78 is 23.1. The third kappa shape index (κ3) is 10.9. The van der Waals surface area contributed by atoms with Gasteiger partial charge in [-0.15, -0.1) is 0 Å². The molecule has 11 atom stereocenters. The normalized spacial score (nSPS) is 29.5. The third-order valence-electron chi connectivity index (χ3n) is 12.2. The van der Waals surface area contributed by atoms with Crippen molar-refractivity contribution in [2.75, 3.05) is 34.9 Å². The molecule has 0 radical (unpaired) electrons. The summed E-state index contributed by atoms with van der Waals surface area (Å²) in [4.78, 5) is 89.0. The predicted octanol–water partition coefficient (Wildman–Crippen LogP) is -0.984. The Kier molecular flexibility index (Phi) is 15.5. The van der Waals surface area contributed by atoms with E-state index in [0.717, 1.165) is 0 Å². The lowest BCUT2D eigenvalue weighted by atomic mass is 9.98. The number of aliphatic hydroxyl groups excluding tert-OH is 4. The molecule has 0 aromatic heterocycles. The second-order valence-electron chi connectivity index (χ2n) is 16.9. The number of fused-ring (bicyclic) bond motifs is 2. The first kappa shape index (κ1) is 49.1. The van der Waals surface area contributed by atoms with E-state index in [1.54, 1.807) is 54.6 Å². The van der Waals surface area contributed by atoms with Crippen LogP contribution in [0.2, 0.25) is 0 Å². The van der Waals surface area contributed by atoms with Gasteiger partial charge in [0, 0.05) is 40.4 Å². The highest BCUT2D eigenvalue weighted by Gasteiger charge is 2.45. The van der Waals surface area contributed by atoms with E-state index in [1.165, 1.54) is 75.9 Å². The Hall–Kier alpha value is -6.32. The number of nitrogens with zero attached hydrogens (tertiary/aromatic N) is 3. The summed E-state index contributed by atoms with van der Waals surface area (Å²) in [6, 6.07) is 10.7. The van der Waals surface area contributed by atoms with Gasteiger partial charge in [0.1, 0.15) is 72.2 Å². The standard InChI is InChI=1S/C46H58N6O14/c1-23-40(57)48-24(2)43(60)50(4)31(18-26-8-13-29(63-7)14-9-26)42(59)49-25(3)44(61)52(6)33-19-27-10-15-30(16-11-27)64-35-21-28(20-32(41(58)47-23)51(5)45(33)62)12-17-34(35)65-46-39(56)38(55)37(54)36(22-53)66-46/h8-17,21,23-25,31-33,36-39,46,53-56H,18-20,22H2,1-7H3,(H,47,58)(H,48,57)(H,49,59)/t23-,24+,25+,31+,32+,33+,36-,37-,38+,39-,46-/m1/s1. The number of methoxy groups -OCH3 is 1. The summed E-state index contributed by atoms with van der Waals surface area (Å²) in [7, 11) is 5.76. The van der Waals surface area contributed by atoms with Gasteiger partial charge in [0.05, 0.1) is 13.7 Å². The molecular weight excluding hydrogens is 861 g/mol. The van der Waals surface area contributed by atoms with E-state index in [0.29, 0.717) is 28.2 Å². The first-order chi connectivity index (χ1) is 31.3. The molecule has 20 heteroatoms. The molecule has 4 heterocycles. The van der Waals surface area contributed by atoms with Crippen molar-refractivity contribution in [3.63, 3.8) is 0 Å². The van der Waals surface area contributed by atoms with Crippen LogP contribution in [0.1, 0.15) is 37.5 Å². The van der Waals surface area contributed by atoms with Crippen molar-refractivity contribution in [3.8, 4) is 23.0 Å². The Balaban J connectivity index is 1.38. The molecule has 20 nitrogen and oxygen atoms in total. The van der Waals surface area contributed by atoms with Crippen LogP contribution in [-0.4, -0.2) is 172 Å². The number of hydrogen-bond donors (Lipinski definition) is 7. The molecule has 7 rings (SSSR count). The fraction of sp³-hybridized carbons (Fsp3) is 0.478. The minimum atomic E-state index is -1.73. The van der Waals surface area contributed by atoms with Gasteiger partial charge in [-0.1, -0.05) is 30.3 Å². The fourth-order valence-corrected chi connectivity index (χ4v) is 8.05. The van der Waals surface area contributed by atoms with Gasteiger partial charge >= 0.3 is 0 Å². The molecule has 6 amide bonds. The number of aliphatic hydroxyl groups is 4. The van der Waals surface area contributed by atoms with Crippen LogP contribution in [0.25, 0.3) is 0 Å². The van der Waals surface area contributed by atoms with E-state index < -0.39 is 109 Å². The third-order valence-corrected chi connectivity index (χ3v) is 12.2. The van der Waals surface area contributed by atoms with Crippen LogP contribution < -0.4 is 30.2 Å². The quantitative estimate of drug-likeness (QED) is 0.157. The van der Waals surface area contributed by atoms with Crippen LogP contribution in [0.4, 0.5) is 0 Å². The van der Waals surface area contributed by atoms with Gasteiger partial charge in [0.2, 0.25) is 41.7 Å². The molecule has 4 aliphatic rings. The molecule has 6 bridgehead atoms. The molecule has 7 N–H and O–H groups in total. The van der Waals surface area contributed by atoms with Crippen molar-refractivity contribution in [2.24, 2.45) is 0 Å². The van der Waals surface area contributed by atoms with Crippen LogP contribution in [0.5, 0.6) is 23.0 Å². The van der Waals surface area contributed by atoms with Crippen molar-refractivity contribution in [1.82, 2.24) is 30.7 Å². The zero-order chi connectivity index (χ0) is 48.1. The van der Waals surface area contributed by atoms with E-state index in [-0.39, 0.29) is 30.8 Å². The van der Waals surface area contributed by atoms with Gasteiger partial charge in [0.25, 0.3) is 0 Å². The summed E-state index contributed by atoms with van der Waals surface area (Å²) in [5.41, 5.74) is 1.67. The number of nitrogens with one attached hydrogen (secondary N) is 3. The second kappa shape index (κ2) is 20.9. The Morgan fingerprint density at radius 1 is 0.652 bits per heavy atom. The lowest BCUT2D eigenvalue weighted by Crippen LogP contribution is -2.61. The number of hydrogen-bond acceptors (Lipinski definition) is 14. The monoisotopic (exact) mass is 918 g/mol. The first-order valence-electron chi connectivity index (χ1n) is 21.5. The summed E-state index contributed by atoms with van der Waals surface area (Å²) in [5, 5.41) is 49.2. The first-order valence-corrected chi connectivity index (χ1v) is 21.5. The molecule has 3 aromatic rings. The lowest BCUT2D eigenvalue weighted by Gasteiger charge is -2.39. The highest BCUT2D eigenvalue weighted by Crippen LogP contribution is 2.36. The van der Waals surface area contributed by atoms with Crippen LogP contribution in [0.15, 0.2) is 66.7 Å². The number of carbonyl (C=O) groups excluding carboxylic acids is 6. The van der Waals surface area contributed by atoms with Crippen LogP contribution >= 0.6 is 0 Å². The molecule has 356 valence electrons. The second-order valence-corrected chi connectivity index (χ2v) is 16.9. The van der Waals surface area contributed by atoms with Crippen molar-refractivity contribution in [2.45, 2.75) is 107 Å². The highest BCUT2D eigenvalue weighted by atomic mass is 16.7. The molecular formula is C46H58N6O14. The zero-order valence-corrected chi connectivity index (χ0v) is 37.7. The SMILES string of the molecule is COc1ccc(C[C@H]2C(=O)N[C@@H](C)C(=O)N(C)[C@H]3Cc4ccc(cc4)Oc4cc(ccc4O[C@@H]4O[C@H](CO)[C@@H](O)[C@H](O)[C@H]4O)C[C@@H](C(=O)N[C@H](C)C(=O)N[C@@H](C)C(=O)N2C)N(C)C3=O)cc1. The van der Waals surface area contributed by atoms with Gasteiger partial charge < -0.3 is 70.0 Å². The molecule has 3 aromatic carbocycles. The number of benzene rings is 3. The maximum Gasteiger partial charge on any atom is 0.246 e. The molecule has 0 aliphatic carbocycles. The average Bonchev–Trinajstić information content (AvgIpc) is 3.30. The van der Waals surface area contributed by atoms with Crippen molar-refractivity contribution >= 4 is 35.4 Å². The molecule has 0 saturated carbocycles. The van der Waals surface area contributed by atoms with Gasteiger partial charge in [-0.05, 0) is 73.9 Å². The van der Waals surface area contributed by atoms with Crippen LogP contribution in [-0.2, 0) is 52.8 Å². The molecule has 0 unspecified atom stereocenters. The van der Waals surface area contributed by atoms with Crippen molar-refractivity contribution in [3.05, 3.63) is 83.4 Å². The maximum absolute atomic E-state index is 14.9. The molecule has 66 heavy (non-hydrogen) atoms. The zero-order valence-electron chi connectivity index (χ0n) is 37.7. The molecule has 4 aliphatic heterocycles. The minimum Gasteiger partial charge on any atom is -0.497 e. The summed E-state index contributed by atoms with van der Waals surface area (Å²) >= 11 is 0. The number of carbonyl (C=O) groups is 6. The Morgan fingerprint density at radius 3 is 1.86 bits per heavy atom. The van der Waals surface area contributed by atoms with Gasteiger partial charge in [0.15, 0.2) is 11.5 Å². The predicted molar refractivity (Wildman–Crippen MR) is 234 cm³/mol. The van der Waals surface area contributed by atoms with E-state index in [4.69, 9.17) is 18.9 Å². The highest BCUT2D eigenvalue weighted by molar-refractivity contribution is 5.98. The topological polar surface area (TPSA) is 266 Å². The van der Waals surface area contributed by atoms with E-state index in [9.17, 15) is 49.2 Å². The minimum absolute atomic E-state index is 0.00547. The smallest absolute Gasteiger partial charge is 0.246 e. The fourth-order valence-electron chi connectivity index (χ4n) is 8.05. The summed E-state index contributed by atoms with van der Waals surface area (Å²) in [6.45, 7) is 3.63. The van der Waals surface area contributed by atoms with E-state index in [1.807, 2.05) is 0 Å². The van der Waals surface area contributed by atoms with E-state index in [2.05, 4.69) is 16.0 Å². The van der Waals surface area contributed by atoms with Crippen LogP contribution in [0, 0.1) is 0 Å². The number of amides is 6. The Bertz CT molecular complexity index is 2260. The van der Waals surface area contributed by atoms with Gasteiger partial charge in [-0.25, -0.2) is 0 Å². The number of rotatable bonds is 6.